The second-order valence-corrected chi connectivity index (χ2v) is 13.1. The standard InChI is InChI=1S/C32H28Si/c1-23-19-21-25-11-9-17-29(31(23)25)33(27-13-5-3-6-14-27,28-15-7-4-8-16-28)30-18-10-12-26-22-20-24(2)32(26)30/h3-24H,1-2H3. The molecule has 0 spiro atoms. The lowest BCUT2D eigenvalue weighted by Crippen LogP contribution is -2.76. The zero-order valence-corrected chi connectivity index (χ0v) is 20.2. The van der Waals surface area contributed by atoms with Crippen LogP contribution in [-0.2, 0) is 0 Å². The molecule has 0 amide bonds. The molecule has 0 saturated heterocycles. The van der Waals surface area contributed by atoms with Crippen molar-refractivity contribution in [2.75, 3.05) is 0 Å². The van der Waals surface area contributed by atoms with Crippen LogP contribution in [0.15, 0.2) is 109 Å². The molecule has 0 nitrogen and oxygen atoms in total. The van der Waals surface area contributed by atoms with E-state index >= 15 is 0 Å². The fourth-order valence-electron chi connectivity index (χ4n) is 6.13. The molecule has 4 aromatic carbocycles. The zero-order valence-electron chi connectivity index (χ0n) is 19.2. The van der Waals surface area contributed by atoms with Gasteiger partial charge in [0.2, 0.25) is 0 Å². The molecule has 2 unspecified atom stereocenters. The maximum absolute atomic E-state index is 2.58. The first-order valence-corrected chi connectivity index (χ1v) is 14.0. The minimum absolute atomic E-state index is 0.419. The van der Waals surface area contributed by atoms with Gasteiger partial charge in [0.25, 0.3) is 0 Å². The summed E-state index contributed by atoms with van der Waals surface area (Å²) in [6.45, 7) is 4.70. The van der Waals surface area contributed by atoms with E-state index in [0.717, 1.165) is 0 Å². The van der Waals surface area contributed by atoms with Crippen LogP contribution in [0.2, 0.25) is 0 Å². The van der Waals surface area contributed by atoms with Crippen molar-refractivity contribution in [1.82, 2.24) is 0 Å². The van der Waals surface area contributed by atoms with Crippen LogP contribution >= 0.6 is 0 Å². The number of fused-ring (bicyclic) bond motifs is 2. The molecule has 0 bridgehead atoms. The topological polar surface area (TPSA) is 0 Å². The predicted octanol–water partition coefficient (Wildman–Crippen LogP) is 5.32. The molecule has 0 radical (unpaired) electrons. The van der Waals surface area contributed by atoms with E-state index in [4.69, 9.17) is 0 Å². The Morgan fingerprint density at radius 2 is 0.909 bits per heavy atom. The van der Waals surface area contributed by atoms with Crippen molar-refractivity contribution >= 4 is 41.0 Å². The second kappa shape index (κ2) is 7.86. The Bertz CT molecular complexity index is 1270. The number of hydrogen-bond donors (Lipinski definition) is 0. The molecule has 0 aliphatic heterocycles. The van der Waals surface area contributed by atoms with E-state index in [0.29, 0.717) is 11.8 Å². The van der Waals surface area contributed by atoms with Crippen molar-refractivity contribution in [1.29, 1.82) is 0 Å². The van der Waals surface area contributed by atoms with Gasteiger partial charge in [-0.15, -0.1) is 0 Å². The molecule has 2 atom stereocenters. The van der Waals surface area contributed by atoms with Gasteiger partial charge in [0.1, 0.15) is 0 Å². The average Bonchev–Trinajstić information content (AvgIpc) is 3.44. The van der Waals surface area contributed by atoms with E-state index in [2.05, 4.69) is 135 Å². The maximum Gasteiger partial charge on any atom is 0.180 e. The van der Waals surface area contributed by atoms with E-state index in [1.54, 1.807) is 0 Å². The molecule has 0 N–H and O–H groups in total. The Balaban J connectivity index is 1.81. The van der Waals surface area contributed by atoms with Crippen LogP contribution in [0.25, 0.3) is 12.2 Å². The number of hydrogen-bond acceptors (Lipinski definition) is 0. The molecular formula is C32H28Si. The summed E-state index contributed by atoms with van der Waals surface area (Å²) in [6, 6.07) is 36.6. The summed E-state index contributed by atoms with van der Waals surface area (Å²) < 4.78 is 0. The van der Waals surface area contributed by atoms with Crippen LogP contribution < -0.4 is 20.7 Å². The summed E-state index contributed by atoms with van der Waals surface area (Å²) in [5, 5.41) is 5.97. The van der Waals surface area contributed by atoms with E-state index in [1.165, 1.54) is 43.0 Å². The summed E-state index contributed by atoms with van der Waals surface area (Å²) >= 11 is 0. The molecule has 6 rings (SSSR count). The number of benzene rings is 4. The molecule has 0 fully saturated rings. The summed E-state index contributed by atoms with van der Waals surface area (Å²) in [7, 11) is -2.58. The molecule has 2 aliphatic rings. The lowest BCUT2D eigenvalue weighted by atomic mass is 10.0. The van der Waals surface area contributed by atoms with Crippen molar-refractivity contribution in [2.24, 2.45) is 0 Å². The fourth-order valence-corrected chi connectivity index (χ4v) is 11.6. The van der Waals surface area contributed by atoms with Gasteiger partial charge in [0.05, 0.1) is 0 Å². The summed E-state index contributed by atoms with van der Waals surface area (Å²) in [5.41, 5.74) is 5.77. The van der Waals surface area contributed by atoms with Crippen LogP contribution in [0.1, 0.15) is 47.9 Å². The van der Waals surface area contributed by atoms with Crippen molar-refractivity contribution in [3.8, 4) is 0 Å². The zero-order chi connectivity index (χ0) is 22.4. The second-order valence-electron chi connectivity index (χ2n) is 9.39. The van der Waals surface area contributed by atoms with Crippen LogP contribution in [0.3, 0.4) is 0 Å². The molecule has 2 aliphatic carbocycles. The highest BCUT2D eigenvalue weighted by Gasteiger charge is 2.46. The smallest absolute Gasteiger partial charge is 0.0767 e. The normalized spacial score (nSPS) is 18.4. The van der Waals surface area contributed by atoms with Gasteiger partial charge in [-0.25, -0.2) is 0 Å². The lowest BCUT2D eigenvalue weighted by molar-refractivity contribution is 0.994. The minimum atomic E-state index is -2.58. The van der Waals surface area contributed by atoms with Gasteiger partial charge in [-0.3, -0.25) is 0 Å². The first kappa shape index (κ1) is 20.2. The predicted molar refractivity (Wildman–Crippen MR) is 145 cm³/mol. The highest BCUT2D eigenvalue weighted by molar-refractivity contribution is 7.20. The van der Waals surface area contributed by atoms with Gasteiger partial charge < -0.3 is 0 Å². The summed E-state index contributed by atoms with van der Waals surface area (Å²) in [6.07, 6.45) is 9.36. The Morgan fingerprint density at radius 3 is 1.33 bits per heavy atom. The lowest BCUT2D eigenvalue weighted by Gasteiger charge is -2.38. The first-order valence-electron chi connectivity index (χ1n) is 12.0. The quantitative estimate of drug-likeness (QED) is 0.297. The largest absolute Gasteiger partial charge is 0.180 e. The van der Waals surface area contributed by atoms with Crippen LogP contribution in [0, 0.1) is 0 Å². The van der Waals surface area contributed by atoms with Gasteiger partial charge in [0.15, 0.2) is 8.07 Å². The SMILES string of the molecule is CC1C=Cc2cccc([Si](c3ccccc3)(c3ccccc3)c3cccc4c3C(C)C=C4)c21. The van der Waals surface area contributed by atoms with E-state index < -0.39 is 8.07 Å². The Labute approximate surface area is 198 Å². The first-order chi connectivity index (χ1) is 16.2. The highest BCUT2D eigenvalue weighted by Crippen LogP contribution is 2.33. The Morgan fingerprint density at radius 1 is 0.485 bits per heavy atom. The Hall–Kier alpha value is -3.42. The monoisotopic (exact) mass is 440 g/mol. The van der Waals surface area contributed by atoms with Crippen molar-refractivity contribution < 1.29 is 0 Å². The maximum atomic E-state index is 2.43. The number of rotatable bonds is 4. The van der Waals surface area contributed by atoms with Crippen LogP contribution in [0.4, 0.5) is 0 Å². The third-order valence-corrected chi connectivity index (χ3v) is 12.4. The molecule has 0 aromatic heterocycles. The highest BCUT2D eigenvalue weighted by atomic mass is 28.3. The van der Waals surface area contributed by atoms with Crippen molar-refractivity contribution in [3.63, 3.8) is 0 Å². The molecule has 4 aromatic rings. The van der Waals surface area contributed by atoms with Gasteiger partial charge in [-0.2, -0.15) is 0 Å². The van der Waals surface area contributed by atoms with Crippen molar-refractivity contribution in [3.05, 3.63) is 131 Å². The van der Waals surface area contributed by atoms with E-state index in [9.17, 15) is 0 Å². The van der Waals surface area contributed by atoms with Crippen LogP contribution in [0.5, 0.6) is 0 Å². The van der Waals surface area contributed by atoms with Crippen LogP contribution in [-0.4, -0.2) is 8.07 Å². The third kappa shape index (κ3) is 2.96. The van der Waals surface area contributed by atoms with Gasteiger partial charge >= 0.3 is 0 Å². The van der Waals surface area contributed by atoms with Gasteiger partial charge in [-0.05, 0) is 54.8 Å². The molecule has 0 saturated carbocycles. The van der Waals surface area contributed by atoms with E-state index in [-0.39, 0.29) is 0 Å². The molecular weight excluding hydrogens is 412 g/mol. The summed E-state index contributed by atoms with van der Waals surface area (Å²) in [4.78, 5) is 0. The number of allylic oxidation sites excluding steroid dienone is 2. The molecule has 33 heavy (non-hydrogen) atoms. The fraction of sp³-hybridized carbons (Fsp3) is 0.125. The molecule has 0 heterocycles. The van der Waals surface area contributed by atoms with Gasteiger partial charge in [-0.1, -0.05) is 135 Å². The molecule has 1 heteroatoms. The molecule has 160 valence electrons. The minimum Gasteiger partial charge on any atom is -0.0767 e. The van der Waals surface area contributed by atoms with Crippen molar-refractivity contribution in [2.45, 2.75) is 25.7 Å². The third-order valence-electron chi connectivity index (χ3n) is 7.54. The average molecular weight is 441 g/mol. The van der Waals surface area contributed by atoms with E-state index in [1.807, 2.05) is 0 Å². The Kier molecular flexibility index (Phi) is 4.81. The van der Waals surface area contributed by atoms with Gasteiger partial charge in [0, 0.05) is 0 Å². The summed E-state index contributed by atoms with van der Waals surface area (Å²) in [5.74, 6) is 0.839.